The standard InChI is InChI=1S/C18H20O/c1-13-5-3-8-18-16(13)6-4-7-17(18)14-9-11-15(19-2)12-10-14/h3,5,8-12,17H,4,6-7H2,1-2H3. The Morgan fingerprint density at radius 3 is 2.58 bits per heavy atom. The molecule has 0 fully saturated rings. The van der Waals surface area contributed by atoms with E-state index in [-0.39, 0.29) is 0 Å². The van der Waals surface area contributed by atoms with Crippen LogP contribution < -0.4 is 4.74 Å². The lowest BCUT2D eigenvalue weighted by Crippen LogP contribution is -2.12. The fraction of sp³-hybridized carbons (Fsp3) is 0.333. The zero-order valence-electron chi connectivity index (χ0n) is 11.6. The molecule has 0 amide bonds. The van der Waals surface area contributed by atoms with Gasteiger partial charge in [-0.2, -0.15) is 0 Å². The summed E-state index contributed by atoms with van der Waals surface area (Å²) in [4.78, 5) is 0. The van der Waals surface area contributed by atoms with Gasteiger partial charge < -0.3 is 4.74 Å². The second-order valence-electron chi connectivity index (χ2n) is 5.36. The molecular formula is C18H20O. The van der Waals surface area contributed by atoms with E-state index in [9.17, 15) is 0 Å². The molecule has 0 spiro atoms. The summed E-state index contributed by atoms with van der Waals surface area (Å²) in [7, 11) is 1.72. The summed E-state index contributed by atoms with van der Waals surface area (Å²) in [5.41, 5.74) is 5.94. The molecule has 1 nitrogen and oxygen atoms in total. The van der Waals surface area contributed by atoms with Crippen molar-refractivity contribution in [2.75, 3.05) is 7.11 Å². The Bertz CT molecular complexity index is 569. The smallest absolute Gasteiger partial charge is 0.118 e. The minimum Gasteiger partial charge on any atom is -0.497 e. The third kappa shape index (κ3) is 2.25. The summed E-state index contributed by atoms with van der Waals surface area (Å²) < 4.78 is 5.25. The normalized spacial score (nSPS) is 17.9. The highest BCUT2D eigenvalue weighted by atomic mass is 16.5. The molecule has 0 saturated heterocycles. The molecule has 0 saturated carbocycles. The number of aryl methyl sites for hydroxylation is 1. The minimum absolute atomic E-state index is 0.551. The minimum atomic E-state index is 0.551. The average molecular weight is 252 g/mol. The molecule has 3 rings (SSSR count). The molecule has 0 heterocycles. The van der Waals surface area contributed by atoms with Gasteiger partial charge in [-0.05, 0) is 60.6 Å². The van der Waals surface area contributed by atoms with Crippen LogP contribution in [0.15, 0.2) is 42.5 Å². The lowest BCUT2D eigenvalue weighted by atomic mass is 9.77. The Balaban J connectivity index is 2.01. The Labute approximate surface area is 115 Å². The van der Waals surface area contributed by atoms with E-state index < -0.39 is 0 Å². The largest absolute Gasteiger partial charge is 0.497 e. The van der Waals surface area contributed by atoms with Crippen molar-refractivity contribution in [3.63, 3.8) is 0 Å². The van der Waals surface area contributed by atoms with Gasteiger partial charge >= 0.3 is 0 Å². The van der Waals surface area contributed by atoms with Crippen molar-refractivity contribution in [2.24, 2.45) is 0 Å². The van der Waals surface area contributed by atoms with Gasteiger partial charge in [-0.25, -0.2) is 0 Å². The monoisotopic (exact) mass is 252 g/mol. The van der Waals surface area contributed by atoms with Crippen LogP contribution in [0.25, 0.3) is 0 Å². The molecule has 1 atom stereocenters. The summed E-state index contributed by atoms with van der Waals surface area (Å²) in [6, 6.07) is 15.3. The summed E-state index contributed by atoms with van der Waals surface area (Å²) >= 11 is 0. The van der Waals surface area contributed by atoms with Crippen LogP contribution in [0, 0.1) is 6.92 Å². The quantitative estimate of drug-likeness (QED) is 0.766. The van der Waals surface area contributed by atoms with Gasteiger partial charge in [0.25, 0.3) is 0 Å². The Kier molecular flexibility index (Phi) is 3.29. The number of methoxy groups -OCH3 is 1. The van der Waals surface area contributed by atoms with Crippen LogP contribution >= 0.6 is 0 Å². The molecule has 1 heteroatoms. The highest BCUT2D eigenvalue weighted by molar-refractivity contribution is 5.44. The van der Waals surface area contributed by atoms with E-state index in [1.807, 2.05) is 0 Å². The van der Waals surface area contributed by atoms with E-state index in [0.717, 1.165) is 5.75 Å². The molecule has 0 aliphatic heterocycles. The van der Waals surface area contributed by atoms with Crippen LogP contribution in [-0.4, -0.2) is 7.11 Å². The molecule has 1 aliphatic carbocycles. The van der Waals surface area contributed by atoms with Gasteiger partial charge in [0.05, 0.1) is 7.11 Å². The van der Waals surface area contributed by atoms with Crippen molar-refractivity contribution < 1.29 is 4.74 Å². The second kappa shape index (κ2) is 5.08. The molecule has 19 heavy (non-hydrogen) atoms. The zero-order valence-corrected chi connectivity index (χ0v) is 11.6. The maximum absolute atomic E-state index is 5.25. The summed E-state index contributed by atoms with van der Waals surface area (Å²) in [5, 5.41) is 0. The Hall–Kier alpha value is -1.76. The van der Waals surface area contributed by atoms with Gasteiger partial charge in [0.2, 0.25) is 0 Å². The van der Waals surface area contributed by atoms with E-state index in [2.05, 4.69) is 49.4 Å². The van der Waals surface area contributed by atoms with Crippen LogP contribution in [0.1, 0.15) is 41.0 Å². The summed E-state index contributed by atoms with van der Waals surface area (Å²) in [6.07, 6.45) is 3.77. The predicted molar refractivity (Wildman–Crippen MR) is 79.0 cm³/mol. The maximum Gasteiger partial charge on any atom is 0.118 e. The van der Waals surface area contributed by atoms with Crippen molar-refractivity contribution >= 4 is 0 Å². The molecule has 0 radical (unpaired) electrons. The van der Waals surface area contributed by atoms with Gasteiger partial charge in [0.15, 0.2) is 0 Å². The van der Waals surface area contributed by atoms with Crippen molar-refractivity contribution in [1.29, 1.82) is 0 Å². The fourth-order valence-corrected chi connectivity index (χ4v) is 3.21. The van der Waals surface area contributed by atoms with Gasteiger partial charge in [-0.1, -0.05) is 30.3 Å². The number of hydrogen-bond donors (Lipinski definition) is 0. The molecule has 2 aromatic rings. The van der Waals surface area contributed by atoms with Gasteiger partial charge in [-0.3, -0.25) is 0 Å². The van der Waals surface area contributed by atoms with Crippen LogP contribution in [-0.2, 0) is 6.42 Å². The predicted octanol–water partition coefficient (Wildman–Crippen LogP) is 4.47. The van der Waals surface area contributed by atoms with Crippen LogP contribution in [0.5, 0.6) is 5.75 Å². The molecule has 1 unspecified atom stereocenters. The zero-order chi connectivity index (χ0) is 13.2. The summed E-state index contributed by atoms with van der Waals surface area (Å²) in [5.74, 6) is 1.48. The van der Waals surface area contributed by atoms with Crippen molar-refractivity contribution in [3.8, 4) is 5.75 Å². The van der Waals surface area contributed by atoms with Gasteiger partial charge in [0, 0.05) is 5.92 Å². The molecular weight excluding hydrogens is 232 g/mol. The van der Waals surface area contributed by atoms with Crippen molar-refractivity contribution in [3.05, 3.63) is 64.7 Å². The first kappa shape index (κ1) is 12.3. The van der Waals surface area contributed by atoms with Crippen LogP contribution in [0.3, 0.4) is 0 Å². The van der Waals surface area contributed by atoms with Gasteiger partial charge in [-0.15, -0.1) is 0 Å². The lowest BCUT2D eigenvalue weighted by molar-refractivity contribution is 0.414. The first-order valence-corrected chi connectivity index (χ1v) is 7.02. The van der Waals surface area contributed by atoms with E-state index >= 15 is 0 Å². The SMILES string of the molecule is COc1ccc(C2CCCc3c(C)cccc32)cc1. The summed E-state index contributed by atoms with van der Waals surface area (Å²) in [6.45, 7) is 2.23. The topological polar surface area (TPSA) is 9.23 Å². The third-order valence-corrected chi connectivity index (χ3v) is 4.26. The Morgan fingerprint density at radius 2 is 1.84 bits per heavy atom. The van der Waals surface area contributed by atoms with Crippen molar-refractivity contribution in [1.82, 2.24) is 0 Å². The second-order valence-corrected chi connectivity index (χ2v) is 5.36. The lowest BCUT2D eigenvalue weighted by Gasteiger charge is -2.27. The van der Waals surface area contributed by atoms with Crippen LogP contribution in [0.4, 0.5) is 0 Å². The van der Waals surface area contributed by atoms with Gasteiger partial charge in [0.1, 0.15) is 5.75 Å². The van der Waals surface area contributed by atoms with Crippen LogP contribution in [0.2, 0.25) is 0 Å². The van der Waals surface area contributed by atoms with E-state index in [1.54, 1.807) is 12.7 Å². The van der Waals surface area contributed by atoms with E-state index in [1.165, 1.54) is 36.0 Å². The number of benzene rings is 2. The highest BCUT2D eigenvalue weighted by Gasteiger charge is 2.22. The third-order valence-electron chi connectivity index (χ3n) is 4.26. The molecule has 0 bridgehead atoms. The molecule has 98 valence electrons. The number of rotatable bonds is 2. The molecule has 2 aromatic carbocycles. The molecule has 1 aliphatic rings. The number of ether oxygens (including phenoxy) is 1. The number of hydrogen-bond acceptors (Lipinski definition) is 1. The fourth-order valence-electron chi connectivity index (χ4n) is 3.21. The van der Waals surface area contributed by atoms with Crippen molar-refractivity contribution in [2.45, 2.75) is 32.1 Å². The molecule has 0 N–H and O–H groups in total. The Morgan fingerprint density at radius 1 is 1.05 bits per heavy atom. The first-order valence-electron chi connectivity index (χ1n) is 7.02. The first-order chi connectivity index (χ1) is 9.29. The maximum atomic E-state index is 5.25. The number of fused-ring (bicyclic) bond motifs is 1. The van der Waals surface area contributed by atoms with E-state index in [4.69, 9.17) is 4.74 Å². The average Bonchev–Trinajstić information content (AvgIpc) is 2.47. The van der Waals surface area contributed by atoms with E-state index in [0.29, 0.717) is 5.92 Å². The highest BCUT2D eigenvalue weighted by Crippen LogP contribution is 2.38. The molecule has 0 aromatic heterocycles.